The molecule has 1 aromatic heterocycles. The zero-order valence-corrected chi connectivity index (χ0v) is 8.88. The van der Waals surface area contributed by atoms with E-state index in [1.807, 2.05) is 13.8 Å². The van der Waals surface area contributed by atoms with Gasteiger partial charge in [-0.05, 0) is 13.8 Å². The lowest BCUT2D eigenvalue weighted by atomic mass is 10.3. The Kier molecular flexibility index (Phi) is 3.84. The minimum Gasteiger partial charge on any atom is -0.409 e. The molecule has 0 aliphatic heterocycles. The van der Waals surface area contributed by atoms with E-state index in [4.69, 9.17) is 10.9 Å². The predicted octanol–water partition coefficient (Wildman–Crippen LogP) is 0.417. The van der Waals surface area contributed by atoms with Crippen LogP contribution in [0.4, 0.5) is 5.82 Å². The van der Waals surface area contributed by atoms with Gasteiger partial charge >= 0.3 is 0 Å². The molecule has 0 aliphatic rings. The molecule has 0 aliphatic carbocycles. The van der Waals surface area contributed by atoms with Gasteiger partial charge in [0.15, 0.2) is 5.84 Å². The van der Waals surface area contributed by atoms with Crippen LogP contribution in [0.15, 0.2) is 17.5 Å². The molecule has 15 heavy (non-hydrogen) atoms. The van der Waals surface area contributed by atoms with Crippen molar-refractivity contribution in [2.24, 2.45) is 10.9 Å². The van der Waals surface area contributed by atoms with Crippen LogP contribution in [-0.4, -0.2) is 34.1 Å². The molecule has 0 saturated carbocycles. The summed E-state index contributed by atoms with van der Waals surface area (Å²) in [5.41, 5.74) is 5.86. The van der Waals surface area contributed by atoms with Crippen LogP contribution in [0.25, 0.3) is 0 Å². The zero-order chi connectivity index (χ0) is 11.3. The number of hydrogen-bond acceptors (Lipinski definition) is 5. The Hall–Kier alpha value is -1.85. The Bertz CT molecular complexity index is 348. The molecule has 6 nitrogen and oxygen atoms in total. The summed E-state index contributed by atoms with van der Waals surface area (Å²) in [7, 11) is 0. The van der Waals surface area contributed by atoms with E-state index in [-0.39, 0.29) is 5.84 Å². The number of rotatable bonds is 4. The molecule has 0 aromatic carbocycles. The van der Waals surface area contributed by atoms with Crippen molar-refractivity contribution < 1.29 is 5.21 Å². The highest BCUT2D eigenvalue weighted by Crippen LogP contribution is 2.09. The van der Waals surface area contributed by atoms with Crippen LogP contribution in [0, 0.1) is 0 Å². The molecule has 0 radical (unpaired) electrons. The van der Waals surface area contributed by atoms with Gasteiger partial charge in [-0.3, -0.25) is 0 Å². The molecule has 3 N–H and O–H groups in total. The third-order valence-electron chi connectivity index (χ3n) is 2.11. The highest BCUT2D eigenvalue weighted by atomic mass is 16.4. The van der Waals surface area contributed by atoms with Crippen molar-refractivity contribution in [3.8, 4) is 0 Å². The lowest BCUT2D eigenvalue weighted by Crippen LogP contribution is -2.24. The van der Waals surface area contributed by atoms with Gasteiger partial charge in [0.1, 0.15) is 17.8 Å². The second kappa shape index (κ2) is 5.14. The molecule has 0 saturated heterocycles. The van der Waals surface area contributed by atoms with Gasteiger partial charge in [-0.15, -0.1) is 0 Å². The number of anilines is 1. The SMILES string of the molecule is CCN(CC)c1cc(/C(N)=N\O)ncn1. The van der Waals surface area contributed by atoms with E-state index in [0.29, 0.717) is 5.69 Å². The van der Waals surface area contributed by atoms with Crippen molar-refractivity contribution in [2.75, 3.05) is 18.0 Å². The van der Waals surface area contributed by atoms with E-state index >= 15 is 0 Å². The first-order valence-corrected chi connectivity index (χ1v) is 4.77. The van der Waals surface area contributed by atoms with E-state index < -0.39 is 0 Å². The van der Waals surface area contributed by atoms with Gasteiger partial charge in [-0.2, -0.15) is 0 Å². The number of amidine groups is 1. The first-order chi connectivity index (χ1) is 7.22. The second-order valence-electron chi connectivity index (χ2n) is 2.92. The van der Waals surface area contributed by atoms with Gasteiger partial charge in [0.25, 0.3) is 0 Å². The maximum Gasteiger partial charge on any atom is 0.188 e. The Labute approximate surface area is 88.4 Å². The van der Waals surface area contributed by atoms with Gasteiger partial charge in [-0.1, -0.05) is 5.16 Å². The van der Waals surface area contributed by atoms with Crippen molar-refractivity contribution in [2.45, 2.75) is 13.8 Å². The van der Waals surface area contributed by atoms with Gasteiger partial charge in [0.05, 0.1) is 0 Å². The Balaban J connectivity index is 3.01. The van der Waals surface area contributed by atoms with Crippen LogP contribution < -0.4 is 10.6 Å². The van der Waals surface area contributed by atoms with E-state index in [9.17, 15) is 0 Å². The smallest absolute Gasteiger partial charge is 0.188 e. The molecule has 82 valence electrons. The summed E-state index contributed by atoms with van der Waals surface area (Å²) in [6, 6.07) is 1.70. The molecular weight excluding hydrogens is 194 g/mol. The predicted molar refractivity (Wildman–Crippen MR) is 58.1 cm³/mol. The van der Waals surface area contributed by atoms with Crippen LogP contribution in [0.5, 0.6) is 0 Å². The summed E-state index contributed by atoms with van der Waals surface area (Å²) in [5.74, 6) is 0.766. The third kappa shape index (κ3) is 2.55. The summed E-state index contributed by atoms with van der Waals surface area (Å²) in [4.78, 5) is 10.1. The molecule has 1 rings (SSSR count). The number of hydrogen-bond donors (Lipinski definition) is 2. The molecule has 6 heteroatoms. The number of aromatic nitrogens is 2. The number of nitrogens with zero attached hydrogens (tertiary/aromatic N) is 4. The summed E-state index contributed by atoms with van der Waals surface area (Å²) >= 11 is 0. The molecular formula is C9H15N5O. The Morgan fingerprint density at radius 1 is 1.47 bits per heavy atom. The van der Waals surface area contributed by atoms with Crippen molar-refractivity contribution in [3.05, 3.63) is 18.1 Å². The first kappa shape index (κ1) is 11.2. The van der Waals surface area contributed by atoms with Gasteiger partial charge in [-0.25, -0.2) is 9.97 Å². The normalized spacial score (nSPS) is 11.5. The second-order valence-corrected chi connectivity index (χ2v) is 2.92. The summed E-state index contributed by atoms with van der Waals surface area (Å²) < 4.78 is 0. The topological polar surface area (TPSA) is 87.6 Å². The molecule has 0 atom stereocenters. The minimum absolute atomic E-state index is 0.00851. The molecule has 1 heterocycles. The average Bonchev–Trinajstić information content (AvgIpc) is 2.30. The van der Waals surface area contributed by atoms with Crippen molar-refractivity contribution in [3.63, 3.8) is 0 Å². The Morgan fingerprint density at radius 3 is 2.67 bits per heavy atom. The highest BCUT2D eigenvalue weighted by Gasteiger charge is 2.07. The third-order valence-corrected chi connectivity index (χ3v) is 2.11. The quantitative estimate of drug-likeness (QED) is 0.325. The standard InChI is InChI=1S/C9H15N5O/c1-3-14(4-2)8-5-7(9(10)13-15)11-6-12-8/h5-6,15H,3-4H2,1-2H3,(H2,10,13). The molecule has 0 unspecified atom stereocenters. The number of oxime groups is 1. The monoisotopic (exact) mass is 209 g/mol. The molecule has 0 fully saturated rings. The van der Waals surface area contributed by atoms with E-state index in [2.05, 4.69) is 20.0 Å². The van der Waals surface area contributed by atoms with E-state index in [0.717, 1.165) is 18.9 Å². The Morgan fingerprint density at radius 2 is 2.13 bits per heavy atom. The molecule has 0 spiro atoms. The van der Waals surface area contributed by atoms with Gasteiger partial charge in [0.2, 0.25) is 0 Å². The minimum atomic E-state index is -0.00851. The largest absolute Gasteiger partial charge is 0.409 e. The fourth-order valence-corrected chi connectivity index (χ4v) is 1.26. The fraction of sp³-hybridized carbons (Fsp3) is 0.444. The van der Waals surface area contributed by atoms with Gasteiger partial charge in [0, 0.05) is 19.2 Å². The zero-order valence-electron chi connectivity index (χ0n) is 8.88. The summed E-state index contributed by atoms with van der Waals surface area (Å²) in [5, 5.41) is 11.4. The van der Waals surface area contributed by atoms with E-state index in [1.54, 1.807) is 6.07 Å². The van der Waals surface area contributed by atoms with Crippen LogP contribution in [0.1, 0.15) is 19.5 Å². The highest BCUT2D eigenvalue weighted by molar-refractivity contribution is 5.95. The maximum atomic E-state index is 8.52. The van der Waals surface area contributed by atoms with Gasteiger partial charge < -0.3 is 15.8 Å². The lowest BCUT2D eigenvalue weighted by Gasteiger charge is -2.19. The lowest BCUT2D eigenvalue weighted by molar-refractivity contribution is 0.318. The van der Waals surface area contributed by atoms with Crippen molar-refractivity contribution in [1.82, 2.24) is 9.97 Å². The number of nitrogens with two attached hydrogens (primary N) is 1. The summed E-state index contributed by atoms with van der Waals surface area (Å²) in [6.07, 6.45) is 1.40. The first-order valence-electron chi connectivity index (χ1n) is 4.77. The van der Waals surface area contributed by atoms with Crippen LogP contribution in [-0.2, 0) is 0 Å². The maximum absolute atomic E-state index is 8.52. The molecule has 0 bridgehead atoms. The molecule has 1 aromatic rings. The summed E-state index contributed by atoms with van der Waals surface area (Å²) in [6.45, 7) is 5.77. The fourth-order valence-electron chi connectivity index (χ4n) is 1.26. The van der Waals surface area contributed by atoms with Crippen LogP contribution in [0.2, 0.25) is 0 Å². The van der Waals surface area contributed by atoms with Crippen molar-refractivity contribution >= 4 is 11.7 Å². The van der Waals surface area contributed by atoms with Crippen molar-refractivity contribution in [1.29, 1.82) is 0 Å². The average molecular weight is 209 g/mol. The van der Waals surface area contributed by atoms with E-state index in [1.165, 1.54) is 6.33 Å². The van der Waals surface area contributed by atoms with Crippen LogP contribution in [0.3, 0.4) is 0 Å². The van der Waals surface area contributed by atoms with Crippen LogP contribution >= 0.6 is 0 Å². The molecule has 0 amide bonds.